The van der Waals surface area contributed by atoms with E-state index >= 15 is 0 Å². The van der Waals surface area contributed by atoms with Crippen LogP contribution >= 0.6 is 0 Å². The molecular formula is C11H14FN5O. The highest BCUT2D eigenvalue weighted by atomic mass is 19.1. The second-order valence-corrected chi connectivity index (χ2v) is 3.79. The minimum atomic E-state index is -0.412. The third kappa shape index (κ3) is 3.01. The van der Waals surface area contributed by atoms with Crippen LogP contribution in [0.1, 0.15) is 11.4 Å². The largest absolute Gasteiger partial charge is 0.482 e. The van der Waals surface area contributed by atoms with Crippen molar-refractivity contribution in [2.75, 3.05) is 6.54 Å². The van der Waals surface area contributed by atoms with Gasteiger partial charge in [0.1, 0.15) is 0 Å². The zero-order valence-corrected chi connectivity index (χ0v) is 10.0. The molecule has 0 aliphatic carbocycles. The number of nitrogens with zero attached hydrogens (tertiary/aromatic N) is 4. The van der Waals surface area contributed by atoms with Gasteiger partial charge in [0.2, 0.25) is 5.82 Å². The lowest BCUT2D eigenvalue weighted by atomic mass is 10.1. The maximum Gasteiger partial charge on any atom is 0.212 e. The summed E-state index contributed by atoms with van der Waals surface area (Å²) in [6.07, 6.45) is 0.642. The topological polar surface area (TPSA) is 78.8 Å². The van der Waals surface area contributed by atoms with Crippen LogP contribution in [0.3, 0.4) is 0 Å². The van der Waals surface area contributed by atoms with Crippen LogP contribution in [0, 0.1) is 5.82 Å². The van der Waals surface area contributed by atoms with E-state index in [1.54, 1.807) is 19.2 Å². The molecule has 0 amide bonds. The summed E-state index contributed by atoms with van der Waals surface area (Å²) in [5.74, 6) is 0.163. The number of benzene rings is 1. The van der Waals surface area contributed by atoms with E-state index in [1.807, 2.05) is 0 Å². The van der Waals surface area contributed by atoms with Gasteiger partial charge in [-0.3, -0.25) is 0 Å². The number of hydrogen-bond acceptors (Lipinski definition) is 5. The minimum absolute atomic E-state index is 0.0843. The summed E-state index contributed by atoms with van der Waals surface area (Å²) < 4.78 is 18.9. The molecule has 0 atom stereocenters. The molecule has 0 saturated carbocycles. The smallest absolute Gasteiger partial charge is 0.212 e. The standard InChI is InChI=1S/C11H14FN5O/c1-17-15-11(14-16-17)7-18-10-3-2-8(4-5-13)6-9(10)12/h2-3,6H,4-5,7,13H2,1H3. The van der Waals surface area contributed by atoms with Crippen molar-refractivity contribution in [1.82, 2.24) is 20.2 Å². The van der Waals surface area contributed by atoms with E-state index in [9.17, 15) is 4.39 Å². The summed E-state index contributed by atoms with van der Waals surface area (Å²) >= 11 is 0. The van der Waals surface area contributed by atoms with Crippen molar-refractivity contribution < 1.29 is 9.13 Å². The third-order valence-electron chi connectivity index (χ3n) is 2.34. The Labute approximate surface area is 104 Å². The molecule has 2 N–H and O–H groups in total. The van der Waals surface area contributed by atoms with Gasteiger partial charge >= 0.3 is 0 Å². The lowest BCUT2D eigenvalue weighted by molar-refractivity contribution is 0.280. The summed E-state index contributed by atoms with van der Waals surface area (Å²) in [6.45, 7) is 0.574. The monoisotopic (exact) mass is 251 g/mol. The quantitative estimate of drug-likeness (QED) is 0.833. The van der Waals surface area contributed by atoms with Crippen molar-refractivity contribution >= 4 is 0 Å². The molecule has 0 fully saturated rings. The third-order valence-corrected chi connectivity index (χ3v) is 2.34. The van der Waals surface area contributed by atoms with Crippen LogP contribution in [0.15, 0.2) is 18.2 Å². The molecule has 0 aliphatic rings. The fourth-order valence-electron chi connectivity index (χ4n) is 1.51. The minimum Gasteiger partial charge on any atom is -0.482 e. The van der Waals surface area contributed by atoms with Gasteiger partial charge in [-0.1, -0.05) is 6.07 Å². The van der Waals surface area contributed by atoms with Crippen molar-refractivity contribution in [3.8, 4) is 5.75 Å². The molecule has 1 aromatic carbocycles. The summed E-state index contributed by atoms with van der Waals surface area (Å²) in [7, 11) is 1.65. The SMILES string of the molecule is Cn1nnc(COc2ccc(CCN)cc2F)n1. The number of nitrogens with two attached hydrogens (primary N) is 1. The number of rotatable bonds is 5. The molecule has 0 unspecified atom stereocenters. The Morgan fingerprint density at radius 3 is 2.89 bits per heavy atom. The lowest BCUT2D eigenvalue weighted by Gasteiger charge is -2.06. The molecule has 2 aromatic rings. The van der Waals surface area contributed by atoms with Crippen LogP contribution in [-0.4, -0.2) is 26.8 Å². The Morgan fingerprint density at radius 2 is 2.28 bits per heavy atom. The molecule has 6 nitrogen and oxygen atoms in total. The second-order valence-electron chi connectivity index (χ2n) is 3.79. The van der Waals surface area contributed by atoms with E-state index < -0.39 is 5.82 Å². The zero-order chi connectivity index (χ0) is 13.0. The average Bonchev–Trinajstić information content (AvgIpc) is 2.74. The van der Waals surface area contributed by atoms with Crippen molar-refractivity contribution in [2.24, 2.45) is 12.8 Å². The zero-order valence-electron chi connectivity index (χ0n) is 10.0. The van der Waals surface area contributed by atoms with Gasteiger partial charge < -0.3 is 10.5 Å². The Kier molecular flexibility index (Phi) is 3.83. The first kappa shape index (κ1) is 12.4. The van der Waals surface area contributed by atoms with Gasteiger partial charge in [-0.2, -0.15) is 4.80 Å². The first-order chi connectivity index (χ1) is 8.69. The van der Waals surface area contributed by atoms with Crippen molar-refractivity contribution in [2.45, 2.75) is 13.0 Å². The van der Waals surface area contributed by atoms with Crippen LogP contribution in [0.4, 0.5) is 4.39 Å². The van der Waals surface area contributed by atoms with E-state index in [0.717, 1.165) is 5.56 Å². The number of ether oxygens (including phenoxy) is 1. The molecule has 0 aliphatic heterocycles. The molecule has 0 bridgehead atoms. The molecule has 2 rings (SSSR count). The average molecular weight is 251 g/mol. The van der Waals surface area contributed by atoms with Crippen LogP contribution in [0.2, 0.25) is 0 Å². The summed E-state index contributed by atoms with van der Waals surface area (Å²) in [5, 5.41) is 11.3. The molecule has 7 heteroatoms. The van der Waals surface area contributed by atoms with Crippen LogP contribution in [0.25, 0.3) is 0 Å². The van der Waals surface area contributed by atoms with Gasteiger partial charge in [-0.05, 0) is 35.9 Å². The highest BCUT2D eigenvalue weighted by Crippen LogP contribution is 2.19. The number of tetrazole rings is 1. The molecular weight excluding hydrogens is 237 g/mol. The van der Waals surface area contributed by atoms with E-state index in [-0.39, 0.29) is 12.4 Å². The van der Waals surface area contributed by atoms with Gasteiger partial charge in [0.05, 0.1) is 7.05 Å². The molecule has 0 spiro atoms. The Balaban J connectivity index is 2.01. The first-order valence-corrected chi connectivity index (χ1v) is 5.53. The summed E-state index contributed by atoms with van der Waals surface area (Å²) in [4.78, 5) is 1.32. The van der Waals surface area contributed by atoms with Crippen LogP contribution < -0.4 is 10.5 Å². The summed E-state index contributed by atoms with van der Waals surface area (Å²) in [5.41, 5.74) is 6.25. The van der Waals surface area contributed by atoms with E-state index in [0.29, 0.717) is 18.8 Å². The fourth-order valence-corrected chi connectivity index (χ4v) is 1.51. The number of aryl methyl sites for hydroxylation is 1. The Bertz CT molecular complexity index is 528. The van der Waals surface area contributed by atoms with Crippen molar-refractivity contribution in [1.29, 1.82) is 0 Å². The normalized spacial score (nSPS) is 10.6. The van der Waals surface area contributed by atoms with E-state index in [2.05, 4.69) is 15.4 Å². The molecule has 1 aromatic heterocycles. The highest BCUT2D eigenvalue weighted by Gasteiger charge is 2.07. The van der Waals surface area contributed by atoms with Gasteiger partial charge in [-0.15, -0.1) is 10.2 Å². The lowest BCUT2D eigenvalue weighted by Crippen LogP contribution is -2.04. The predicted octanol–water partition coefficient (Wildman–Crippen LogP) is 0.429. The van der Waals surface area contributed by atoms with Crippen molar-refractivity contribution in [3.63, 3.8) is 0 Å². The maximum atomic E-state index is 13.7. The Morgan fingerprint density at radius 1 is 1.44 bits per heavy atom. The van der Waals surface area contributed by atoms with Gasteiger partial charge in [0.15, 0.2) is 18.2 Å². The first-order valence-electron chi connectivity index (χ1n) is 5.53. The summed E-state index contributed by atoms with van der Waals surface area (Å²) in [6, 6.07) is 4.79. The predicted molar refractivity (Wildman–Crippen MR) is 62.3 cm³/mol. The van der Waals surface area contributed by atoms with Crippen LogP contribution in [-0.2, 0) is 20.1 Å². The van der Waals surface area contributed by atoms with Crippen molar-refractivity contribution in [3.05, 3.63) is 35.4 Å². The molecule has 18 heavy (non-hydrogen) atoms. The van der Waals surface area contributed by atoms with Crippen LogP contribution in [0.5, 0.6) is 5.75 Å². The molecule has 0 saturated heterocycles. The maximum absolute atomic E-state index is 13.7. The van der Waals surface area contributed by atoms with E-state index in [4.69, 9.17) is 10.5 Å². The highest BCUT2D eigenvalue weighted by molar-refractivity contribution is 5.29. The molecule has 96 valence electrons. The van der Waals surface area contributed by atoms with Gasteiger partial charge in [-0.25, -0.2) is 4.39 Å². The number of aromatic nitrogens is 4. The number of halogens is 1. The molecule has 1 heterocycles. The molecule has 0 radical (unpaired) electrons. The Hall–Kier alpha value is -2.02. The number of hydrogen-bond donors (Lipinski definition) is 1. The van der Waals surface area contributed by atoms with Gasteiger partial charge in [0, 0.05) is 0 Å². The second kappa shape index (κ2) is 5.54. The fraction of sp³-hybridized carbons (Fsp3) is 0.364. The van der Waals surface area contributed by atoms with Gasteiger partial charge in [0.25, 0.3) is 0 Å². The van der Waals surface area contributed by atoms with E-state index in [1.165, 1.54) is 10.9 Å².